The number of hydrogen-bond donors (Lipinski definition) is 1. The molecule has 0 amide bonds. The second-order valence-electron chi connectivity index (χ2n) is 4.66. The number of allylic oxidation sites excluding steroid dienone is 1. The smallest absolute Gasteiger partial charge is 0.387 e. The van der Waals surface area contributed by atoms with Crippen molar-refractivity contribution in [3.63, 3.8) is 0 Å². The lowest BCUT2D eigenvalue weighted by atomic mass is 10.2. The molecule has 0 aromatic heterocycles. The maximum Gasteiger partial charge on any atom is 0.387 e. The SMILES string of the molecule is COC(=O)/C([I+]c1ccccc1)=C(/C)NCc1ccccc1. The Labute approximate surface area is 141 Å². The van der Waals surface area contributed by atoms with Crippen LogP contribution in [0.4, 0.5) is 0 Å². The minimum atomic E-state index is -0.566. The summed E-state index contributed by atoms with van der Waals surface area (Å²) in [6.07, 6.45) is 0. The van der Waals surface area contributed by atoms with E-state index in [1.54, 1.807) is 0 Å². The molecule has 0 saturated heterocycles. The van der Waals surface area contributed by atoms with Gasteiger partial charge in [0.2, 0.25) is 0 Å². The number of carbonyl (C=O) groups excluding carboxylic acids is 1. The van der Waals surface area contributed by atoms with Crippen LogP contribution in [0.2, 0.25) is 0 Å². The summed E-state index contributed by atoms with van der Waals surface area (Å²) in [4.78, 5) is 12.1. The van der Waals surface area contributed by atoms with Crippen LogP contribution in [0.15, 0.2) is 69.9 Å². The molecular weight excluding hydrogens is 389 g/mol. The van der Waals surface area contributed by atoms with Gasteiger partial charge in [-0.05, 0) is 24.6 Å². The van der Waals surface area contributed by atoms with Gasteiger partial charge in [-0.15, -0.1) is 0 Å². The van der Waals surface area contributed by atoms with Gasteiger partial charge in [0, 0.05) is 6.54 Å². The second kappa shape index (κ2) is 8.58. The van der Waals surface area contributed by atoms with Crippen molar-refractivity contribution in [2.45, 2.75) is 13.5 Å². The first-order valence-electron chi connectivity index (χ1n) is 6.97. The molecule has 0 unspecified atom stereocenters. The number of ether oxygens (including phenoxy) is 1. The van der Waals surface area contributed by atoms with Gasteiger partial charge in [-0.1, -0.05) is 48.5 Å². The number of esters is 1. The molecule has 0 aliphatic carbocycles. The number of halogens is 1. The van der Waals surface area contributed by atoms with Gasteiger partial charge in [-0.3, -0.25) is 0 Å². The Morgan fingerprint density at radius 1 is 1.05 bits per heavy atom. The van der Waals surface area contributed by atoms with Gasteiger partial charge in [-0.25, -0.2) is 4.79 Å². The highest BCUT2D eigenvalue weighted by Gasteiger charge is 2.30. The standard InChI is InChI=1S/C18H18INO2/c1-14(20-13-15-9-5-3-6-10-15)17(18(21)22-2)19-16-11-7-4-8-12-16/h3-12H,13H2,1-2H3/p+1. The van der Waals surface area contributed by atoms with Crippen LogP contribution in [0.25, 0.3) is 0 Å². The highest BCUT2D eigenvalue weighted by molar-refractivity contribution is 5.86. The molecule has 4 heteroatoms. The van der Waals surface area contributed by atoms with E-state index >= 15 is 0 Å². The van der Waals surface area contributed by atoms with Crippen LogP contribution in [-0.2, 0) is 16.1 Å². The number of hydrogen-bond acceptors (Lipinski definition) is 3. The van der Waals surface area contributed by atoms with Crippen molar-refractivity contribution in [3.05, 3.63) is 79.1 Å². The summed E-state index contributed by atoms with van der Waals surface area (Å²) < 4.78 is 6.91. The average molecular weight is 408 g/mol. The van der Waals surface area contributed by atoms with Gasteiger partial charge in [-0.2, -0.15) is 0 Å². The molecule has 2 rings (SSSR count). The summed E-state index contributed by atoms with van der Waals surface area (Å²) in [7, 11) is 1.43. The third-order valence-corrected chi connectivity index (χ3v) is 6.16. The molecule has 0 fully saturated rings. The first-order chi connectivity index (χ1) is 10.7. The van der Waals surface area contributed by atoms with Crippen LogP contribution in [0.1, 0.15) is 12.5 Å². The first-order valence-corrected chi connectivity index (χ1v) is 9.13. The van der Waals surface area contributed by atoms with E-state index in [9.17, 15) is 4.79 Å². The molecule has 114 valence electrons. The van der Waals surface area contributed by atoms with Crippen molar-refractivity contribution in [2.75, 3.05) is 7.11 Å². The van der Waals surface area contributed by atoms with Crippen molar-refractivity contribution in [1.29, 1.82) is 0 Å². The lowest BCUT2D eigenvalue weighted by Gasteiger charge is -2.06. The molecule has 0 aliphatic heterocycles. The minimum Gasteiger partial charge on any atom is -0.463 e. The Bertz CT molecular complexity index is 639. The molecule has 0 atom stereocenters. The van der Waals surface area contributed by atoms with Crippen LogP contribution >= 0.6 is 0 Å². The predicted octanol–water partition coefficient (Wildman–Crippen LogP) is 0.140. The van der Waals surface area contributed by atoms with Crippen molar-refractivity contribution < 1.29 is 30.7 Å². The van der Waals surface area contributed by atoms with E-state index in [4.69, 9.17) is 4.74 Å². The molecule has 1 N–H and O–H groups in total. The molecule has 0 spiro atoms. The summed E-state index contributed by atoms with van der Waals surface area (Å²) >= 11 is -0.566. The van der Waals surface area contributed by atoms with Gasteiger partial charge in [0.15, 0.2) is 3.57 Å². The fourth-order valence-electron chi connectivity index (χ4n) is 1.85. The average Bonchev–Trinajstić information content (AvgIpc) is 2.58. The maximum atomic E-state index is 12.1. The Morgan fingerprint density at radius 2 is 1.64 bits per heavy atom. The van der Waals surface area contributed by atoms with E-state index < -0.39 is 21.2 Å². The zero-order valence-electron chi connectivity index (χ0n) is 12.7. The Hall–Kier alpha value is -1.82. The number of nitrogens with one attached hydrogen (secondary N) is 1. The zero-order valence-corrected chi connectivity index (χ0v) is 14.8. The highest BCUT2D eigenvalue weighted by Crippen LogP contribution is 2.01. The number of benzene rings is 2. The number of carbonyl (C=O) groups is 1. The van der Waals surface area contributed by atoms with Crippen molar-refractivity contribution >= 4 is 5.97 Å². The van der Waals surface area contributed by atoms with Crippen LogP contribution in [0.3, 0.4) is 0 Å². The van der Waals surface area contributed by atoms with Crippen molar-refractivity contribution in [1.82, 2.24) is 5.32 Å². The summed E-state index contributed by atoms with van der Waals surface area (Å²) in [5.41, 5.74) is 2.08. The van der Waals surface area contributed by atoms with Gasteiger partial charge in [0.05, 0.1) is 12.8 Å². The fraction of sp³-hybridized carbons (Fsp3) is 0.167. The van der Waals surface area contributed by atoms with E-state index in [0.29, 0.717) is 6.54 Å². The molecule has 3 nitrogen and oxygen atoms in total. The van der Waals surface area contributed by atoms with Crippen molar-refractivity contribution in [3.8, 4) is 0 Å². The molecule has 0 heterocycles. The second-order valence-corrected chi connectivity index (χ2v) is 7.52. The molecule has 0 saturated carbocycles. The van der Waals surface area contributed by atoms with Crippen LogP contribution in [-0.4, -0.2) is 13.1 Å². The first kappa shape index (κ1) is 16.5. The van der Waals surface area contributed by atoms with Gasteiger partial charge in [0.25, 0.3) is 3.58 Å². The third kappa shape index (κ3) is 4.87. The van der Waals surface area contributed by atoms with Gasteiger partial charge >= 0.3 is 27.2 Å². The zero-order chi connectivity index (χ0) is 15.8. The van der Waals surface area contributed by atoms with Crippen molar-refractivity contribution in [2.24, 2.45) is 0 Å². The molecular formula is C18H19INO2+. The molecule has 0 radical (unpaired) electrons. The summed E-state index contributed by atoms with van der Waals surface area (Å²) in [5, 5.41) is 3.34. The van der Waals surface area contributed by atoms with E-state index in [-0.39, 0.29) is 5.97 Å². The normalized spacial score (nSPS) is 11.5. The third-order valence-electron chi connectivity index (χ3n) is 3.03. The predicted molar refractivity (Wildman–Crippen MR) is 83.1 cm³/mol. The highest BCUT2D eigenvalue weighted by atomic mass is 127. The number of rotatable bonds is 6. The van der Waals surface area contributed by atoms with Crippen LogP contribution in [0, 0.1) is 3.57 Å². The summed E-state index contributed by atoms with van der Waals surface area (Å²) in [5.74, 6) is -0.241. The molecule has 0 aliphatic rings. The maximum absolute atomic E-state index is 12.1. The quantitative estimate of drug-likeness (QED) is 0.420. The monoisotopic (exact) mass is 408 g/mol. The molecule has 0 bridgehead atoms. The van der Waals surface area contributed by atoms with Crippen LogP contribution < -0.4 is 26.5 Å². The Balaban J connectivity index is 2.13. The lowest BCUT2D eigenvalue weighted by Crippen LogP contribution is -3.61. The number of methoxy groups -OCH3 is 1. The lowest BCUT2D eigenvalue weighted by molar-refractivity contribution is -0.572. The van der Waals surface area contributed by atoms with Crippen LogP contribution in [0.5, 0.6) is 0 Å². The summed E-state index contributed by atoms with van der Waals surface area (Å²) in [6.45, 7) is 2.64. The molecule has 22 heavy (non-hydrogen) atoms. The van der Waals surface area contributed by atoms with Gasteiger partial charge < -0.3 is 10.1 Å². The Kier molecular flexibility index (Phi) is 6.45. The van der Waals surface area contributed by atoms with E-state index in [2.05, 4.69) is 29.6 Å². The van der Waals surface area contributed by atoms with Gasteiger partial charge in [0.1, 0.15) is 0 Å². The van der Waals surface area contributed by atoms with E-state index in [1.807, 2.05) is 43.3 Å². The largest absolute Gasteiger partial charge is 0.463 e. The van der Waals surface area contributed by atoms with E-state index in [1.165, 1.54) is 16.2 Å². The Morgan fingerprint density at radius 3 is 2.23 bits per heavy atom. The molecule has 2 aromatic carbocycles. The summed E-state index contributed by atoms with van der Waals surface area (Å²) in [6, 6.07) is 20.2. The molecule has 2 aromatic rings. The fourth-order valence-corrected chi connectivity index (χ4v) is 4.28. The topological polar surface area (TPSA) is 38.3 Å². The minimum absolute atomic E-state index is 0.241. The van der Waals surface area contributed by atoms with E-state index in [0.717, 1.165) is 9.28 Å².